The van der Waals surface area contributed by atoms with Crippen LogP contribution in [-0.4, -0.2) is 11.0 Å². The zero-order chi connectivity index (χ0) is 10.3. The number of aromatic nitrogens is 1. The molecule has 3 rings (SSSR count). The summed E-state index contributed by atoms with van der Waals surface area (Å²) in [6.07, 6.45) is 2.70. The highest BCUT2D eigenvalue weighted by Gasteiger charge is 2.19. The van der Waals surface area contributed by atoms with E-state index in [1.165, 1.54) is 23.1 Å². The number of thiazole rings is 1. The van der Waals surface area contributed by atoms with Gasteiger partial charge in [0.05, 0.1) is 15.2 Å². The van der Waals surface area contributed by atoms with Crippen LogP contribution in [0, 0.1) is 6.92 Å². The van der Waals surface area contributed by atoms with Gasteiger partial charge in [-0.15, -0.1) is 11.3 Å². The van der Waals surface area contributed by atoms with Crippen LogP contribution in [0.5, 0.6) is 0 Å². The molecule has 2 nitrogen and oxygen atoms in total. The lowest BCUT2D eigenvalue weighted by molar-refractivity contribution is 0.688. The van der Waals surface area contributed by atoms with Crippen LogP contribution >= 0.6 is 11.3 Å². The first kappa shape index (κ1) is 9.31. The fourth-order valence-electron chi connectivity index (χ4n) is 1.74. The van der Waals surface area contributed by atoms with E-state index in [0.717, 1.165) is 23.1 Å². The number of hydrogen-bond acceptors (Lipinski definition) is 3. The molecule has 2 aromatic rings. The summed E-state index contributed by atoms with van der Waals surface area (Å²) in [6, 6.07) is 7.35. The van der Waals surface area contributed by atoms with Crippen molar-refractivity contribution in [2.24, 2.45) is 0 Å². The molecule has 1 fully saturated rings. The molecule has 0 aliphatic heterocycles. The van der Waals surface area contributed by atoms with E-state index >= 15 is 0 Å². The van der Waals surface area contributed by atoms with Crippen molar-refractivity contribution < 1.29 is 0 Å². The lowest BCUT2D eigenvalue weighted by Crippen LogP contribution is -2.14. The Morgan fingerprint density at radius 1 is 1.47 bits per heavy atom. The largest absolute Gasteiger partial charge is 0.310 e. The molecule has 1 aliphatic carbocycles. The smallest absolute Gasteiger partial charge is 0.0907 e. The second-order valence-corrected chi connectivity index (χ2v) is 5.42. The van der Waals surface area contributed by atoms with Gasteiger partial charge in [0, 0.05) is 12.6 Å². The number of fused-ring (bicyclic) bond motifs is 1. The molecule has 1 aromatic heterocycles. The van der Waals surface area contributed by atoms with Crippen LogP contribution in [0.3, 0.4) is 0 Å². The molecule has 1 N–H and O–H groups in total. The second-order valence-electron chi connectivity index (χ2n) is 4.19. The maximum atomic E-state index is 4.46. The van der Waals surface area contributed by atoms with Crippen LogP contribution in [0.2, 0.25) is 0 Å². The standard InChI is InChI=1S/C12H14N2S/c1-8-14-11-5-2-9(6-12(11)15-8)7-13-10-3-4-10/h2,5-6,10,13H,3-4,7H2,1H3. The Bertz CT molecular complexity index is 485. The molecule has 3 heteroatoms. The number of rotatable bonds is 3. The molecule has 0 bridgehead atoms. The lowest BCUT2D eigenvalue weighted by atomic mass is 10.2. The quantitative estimate of drug-likeness (QED) is 0.857. The Labute approximate surface area is 93.3 Å². The number of aryl methyl sites for hydroxylation is 1. The van der Waals surface area contributed by atoms with Crippen molar-refractivity contribution in [1.29, 1.82) is 0 Å². The van der Waals surface area contributed by atoms with Crippen molar-refractivity contribution in [1.82, 2.24) is 10.3 Å². The van der Waals surface area contributed by atoms with E-state index in [0.29, 0.717) is 0 Å². The van der Waals surface area contributed by atoms with E-state index in [-0.39, 0.29) is 0 Å². The molecule has 1 saturated carbocycles. The Morgan fingerprint density at radius 3 is 3.13 bits per heavy atom. The van der Waals surface area contributed by atoms with Crippen molar-refractivity contribution in [3.05, 3.63) is 28.8 Å². The van der Waals surface area contributed by atoms with Gasteiger partial charge in [0.25, 0.3) is 0 Å². The number of hydrogen-bond donors (Lipinski definition) is 1. The fourth-order valence-corrected chi connectivity index (χ4v) is 2.63. The van der Waals surface area contributed by atoms with Crippen LogP contribution in [0.15, 0.2) is 18.2 Å². The topological polar surface area (TPSA) is 24.9 Å². The molecule has 0 amide bonds. The fraction of sp³-hybridized carbons (Fsp3) is 0.417. The first-order valence-corrected chi connectivity index (χ1v) is 6.22. The van der Waals surface area contributed by atoms with Gasteiger partial charge in [-0.25, -0.2) is 4.98 Å². The zero-order valence-electron chi connectivity index (χ0n) is 8.79. The second kappa shape index (κ2) is 3.58. The SMILES string of the molecule is Cc1nc2ccc(CNC3CC3)cc2s1. The normalized spacial score (nSPS) is 16.1. The summed E-state index contributed by atoms with van der Waals surface area (Å²) in [7, 11) is 0. The first-order chi connectivity index (χ1) is 7.31. The highest BCUT2D eigenvalue weighted by atomic mass is 32.1. The van der Waals surface area contributed by atoms with Crippen molar-refractivity contribution >= 4 is 21.6 Å². The van der Waals surface area contributed by atoms with Gasteiger partial charge in [-0.3, -0.25) is 0 Å². The van der Waals surface area contributed by atoms with Crippen molar-refractivity contribution in [3.8, 4) is 0 Å². The van der Waals surface area contributed by atoms with Gasteiger partial charge in [-0.2, -0.15) is 0 Å². The molecule has 0 radical (unpaired) electrons. The highest BCUT2D eigenvalue weighted by Crippen LogP contribution is 2.23. The van der Waals surface area contributed by atoms with Gasteiger partial charge in [-0.1, -0.05) is 6.07 Å². The summed E-state index contributed by atoms with van der Waals surface area (Å²) in [5.41, 5.74) is 2.51. The molecule has 1 aliphatic rings. The summed E-state index contributed by atoms with van der Waals surface area (Å²) < 4.78 is 1.31. The molecule has 1 heterocycles. The number of nitrogens with zero attached hydrogens (tertiary/aromatic N) is 1. The van der Waals surface area contributed by atoms with Gasteiger partial charge in [-0.05, 0) is 37.5 Å². The third kappa shape index (κ3) is 2.03. The molecular formula is C12H14N2S. The molecular weight excluding hydrogens is 204 g/mol. The van der Waals surface area contributed by atoms with E-state index in [1.807, 2.05) is 0 Å². The van der Waals surface area contributed by atoms with E-state index < -0.39 is 0 Å². The minimum Gasteiger partial charge on any atom is -0.310 e. The predicted octanol–water partition coefficient (Wildman–Crippen LogP) is 2.86. The maximum Gasteiger partial charge on any atom is 0.0907 e. The van der Waals surface area contributed by atoms with Gasteiger partial charge in [0.1, 0.15) is 0 Å². The number of nitrogens with one attached hydrogen (secondary N) is 1. The summed E-state index contributed by atoms with van der Waals surface area (Å²) in [4.78, 5) is 4.46. The summed E-state index contributed by atoms with van der Waals surface area (Å²) in [6.45, 7) is 3.06. The predicted molar refractivity (Wildman–Crippen MR) is 64.2 cm³/mol. The Hall–Kier alpha value is -0.930. The van der Waals surface area contributed by atoms with E-state index in [2.05, 4.69) is 35.4 Å². The molecule has 15 heavy (non-hydrogen) atoms. The molecule has 78 valence electrons. The zero-order valence-corrected chi connectivity index (χ0v) is 9.60. The average molecular weight is 218 g/mol. The van der Waals surface area contributed by atoms with E-state index in [9.17, 15) is 0 Å². The molecule has 0 unspecified atom stereocenters. The van der Waals surface area contributed by atoms with Crippen LogP contribution in [0.4, 0.5) is 0 Å². The Balaban J connectivity index is 1.84. The summed E-state index contributed by atoms with van der Waals surface area (Å²) in [5.74, 6) is 0. The highest BCUT2D eigenvalue weighted by molar-refractivity contribution is 7.18. The monoisotopic (exact) mass is 218 g/mol. The molecule has 1 aromatic carbocycles. The molecule has 0 saturated heterocycles. The molecule has 0 atom stereocenters. The van der Waals surface area contributed by atoms with Crippen molar-refractivity contribution in [2.45, 2.75) is 32.4 Å². The minimum absolute atomic E-state index is 0.781. The van der Waals surface area contributed by atoms with E-state index in [4.69, 9.17) is 0 Å². The number of benzene rings is 1. The van der Waals surface area contributed by atoms with Crippen LogP contribution in [-0.2, 0) is 6.54 Å². The third-order valence-corrected chi connectivity index (χ3v) is 3.67. The average Bonchev–Trinajstić information content (AvgIpc) is 2.96. The van der Waals surface area contributed by atoms with Gasteiger partial charge in [0.2, 0.25) is 0 Å². The van der Waals surface area contributed by atoms with Crippen molar-refractivity contribution in [3.63, 3.8) is 0 Å². The van der Waals surface area contributed by atoms with Gasteiger partial charge >= 0.3 is 0 Å². The van der Waals surface area contributed by atoms with E-state index in [1.54, 1.807) is 11.3 Å². The van der Waals surface area contributed by atoms with Gasteiger partial charge in [0.15, 0.2) is 0 Å². The van der Waals surface area contributed by atoms with Crippen LogP contribution in [0.25, 0.3) is 10.2 Å². The summed E-state index contributed by atoms with van der Waals surface area (Å²) >= 11 is 1.78. The van der Waals surface area contributed by atoms with Crippen molar-refractivity contribution in [2.75, 3.05) is 0 Å². The maximum absolute atomic E-state index is 4.46. The van der Waals surface area contributed by atoms with Crippen LogP contribution < -0.4 is 5.32 Å². The minimum atomic E-state index is 0.781. The van der Waals surface area contributed by atoms with Crippen LogP contribution in [0.1, 0.15) is 23.4 Å². The Morgan fingerprint density at radius 2 is 2.33 bits per heavy atom. The Kier molecular flexibility index (Phi) is 2.22. The van der Waals surface area contributed by atoms with Gasteiger partial charge < -0.3 is 5.32 Å². The molecule has 0 spiro atoms. The third-order valence-electron chi connectivity index (χ3n) is 2.73. The first-order valence-electron chi connectivity index (χ1n) is 5.41. The summed E-state index contributed by atoms with van der Waals surface area (Å²) in [5, 5.41) is 4.68. The lowest BCUT2D eigenvalue weighted by Gasteiger charge is -2.02.